The number of benzene rings is 2. The molecule has 1 atom stereocenters. The van der Waals surface area contributed by atoms with Crippen LogP contribution in [0.15, 0.2) is 39.3 Å². The molecule has 0 bridgehead atoms. The molecule has 2 aromatic carbocycles. The third kappa shape index (κ3) is 3.01. The van der Waals surface area contributed by atoms with Crippen LogP contribution in [0.3, 0.4) is 0 Å². The maximum atomic E-state index is 13.7. The molecule has 1 N–H and O–H groups in total. The maximum Gasteiger partial charge on any atom is 0.137 e. The van der Waals surface area contributed by atoms with E-state index in [4.69, 9.17) is 0 Å². The minimum Gasteiger partial charge on any atom is -0.384 e. The standard InChI is InChI=1S/C13H7Br2F3O/c14-8-2-1-6(3-11(8)17)13(19)7-4-12(18)9(15)5-10(7)16/h1-5,13,19H. The molecule has 6 heteroatoms. The van der Waals surface area contributed by atoms with Gasteiger partial charge in [-0.3, -0.25) is 0 Å². The Labute approximate surface area is 124 Å². The van der Waals surface area contributed by atoms with Crippen LogP contribution in [0.1, 0.15) is 17.2 Å². The van der Waals surface area contributed by atoms with Gasteiger partial charge in [-0.15, -0.1) is 0 Å². The summed E-state index contributed by atoms with van der Waals surface area (Å²) in [6, 6.07) is 5.68. The quantitative estimate of drug-likeness (QED) is 0.730. The summed E-state index contributed by atoms with van der Waals surface area (Å²) in [4.78, 5) is 0. The van der Waals surface area contributed by atoms with Gasteiger partial charge < -0.3 is 5.11 Å². The topological polar surface area (TPSA) is 20.2 Å². The summed E-state index contributed by atoms with van der Waals surface area (Å²) in [5, 5.41) is 10.00. The van der Waals surface area contributed by atoms with Gasteiger partial charge in [-0.1, -0.05) is 6.07 Å². The van der Waals surface area contributed by atoms with Crippen molar-refractivity contribution in [2.24, 2.45) is 0 Å². The normalized spacial score (nSPS) is 12.5. The molecular formula is C13H7Br2F3O. The molecule has 0 amide bonds. The van der Waals surface area contributed by atoms with Crippen molar-refractivity contribution in [3.63, 3.8) is 0 Å². The van der Waals surface area contributed by atoms with Crippen molar-refractivity contribution in [2.45, 2.75) is 6.10 Å². The lowest BCUT2D eigenvalue weighted by atomic mass is 10.0. The molecule has 19 heavy (non-hydrogen) atoms. The second-order valence-electron chi connectivity index (χ2n) is 3.86. The smallest absolute Gasteiger partial charge is 0.137 e. The first-order chi connectivity index (χ1) is 8.90. The molecule has 100 valence electrons. The molecule has 0 spiro atoms. The SMILES string of the molecule is OC(c1ccc(Br)c(F)c1)c1cc(F)c(Br)cc1F. The molecule has 0 aliphatic rings. The minimum atomic E-state index is -1.44. The number of aliphatic hydroxyl groups is 1. The Morgan fingerprint density at radius 1 is 0.842 bits per heavy atom. The van der Waals surface area contributed by atoms with Crippen molar-refractivity contribution >= 4 is 31.9 Å². The van der Waals surface area contributed by atoms with Crippen molar-refractivity contribution in [3.05, 3.63) is 67.9 Å². The van der Waals surface area contributed by atoms with Gasteiger partial charge in [-0.2, -0.15) is 0 Å². The van der Waals surface area contributed by atoms with E-state index in [-0.39, 0.29) is 20.1 Å². The highest BCUT2D eigenvalue weighted by Crippen LogP contribution is 2.29. The molecule has 0 aliphatic carbocycles. The van der Waals surface area contributed by atoms with Crippen LogP contribution in [-0.2, 0) is 0 Å². The van der Waals surface area contributed by atoms with E-state index >= 15 is 0 Å². The average molecular weight is 396 g/mol. The Balaban J connectivity index is 2.46. The van der Waals surface area contributed by atoms with Crippen LogP contribution in [0.2, 0.25) is 0 Å². The Morgan fingerprint density at radius 2 is 1.47 bits per heavy atom. The molecule has 0 fully saturated rings. The molecule has 1 nitrogen and oxygen atoms in total. The van der Waals surface area contributed by atoms with Crippen molar-refractivity contribution in [2.75, 3.05) is 0 Å². The highest BCUT2D eigenvalue weighted by molar-refractivity contribution is 9.10. The summed E-state index contributed by atoms with van der Waals surface area (Å²) in [7, 11) is 0. The Kier molecular flexibility index (Phi) is 4.32. The number of hydrogen-bond donors (Lipinski definition) is 1. The first-order valence-electron chi connectivity index (χ1n) is 5.17. The van der Waals surface area contributed by atoms with Gasteiger partial charge in [-0.25, -0.2) is 13.2 Å². The second kappa shape index (κ2) is 5.64. The third-order valence-electron chi connectivity index (χ3n) is 2.59. The summed E-state index contributed by atoms with van der Waals surface area (Å²) in [5.74, 6) is -2.06. The predicted octanol–water partition coefficient (Wildman–Crippen LogP) is 4.71. The summed E-state index contributed by atoms with van der Waals surface area (Å²) in [5.41, 5.74) is -0.108. The van der Waals surface area contributed by atoms with E-state index in [9.17, 15) is 18.3 Å². The van der Waals surface area contributed by atoms with Gasteiger partial charge in [-0.05, 0) is 61.7 Å². The average Bonchev–Trinajstić information content (AvgIpc) is 2.36. The van der Waals surface area contributed by atoms with E-state index in [0.29, 0.717) is 0 Å². The summed E-state index contributed by atoms with van der Waals surface area (Å²) in [6.07, 6.45) is -1.44. The zero-order chi connectivity index (χ0) is 14.2. The largest absolute Gasteiger partial charge is 0.384 e. The van der Waals surface area contributed by atoms with Crippen LogP contribution in [-0.4, -0.2) is 5.11 Å². The minimum absolute atomic E-state index is 0.0389. The lowest BCUT2D eigenvalue weighted by Crippen LogP contribution is -2.04. The van der Waals surface area contributed by atoms with Crippen LogP contribution in [0.25, 0.3) is 0 Å². The summed E-state index contributed by atoms with van der Waals surface area (Å²) < 4.78 is 40.6. The number of halogens is 5. The summed E-state index contributed by atoms with van der Waals surface area (Å²) in [6.45, 7) is 0. The predicted molar refractivity (Wildman–Crippen MR) is 72.2 cm³/mol. The van der Waals surface area contributed by atoms with Crippen molar-refractivity contribution in [1.29, 1.82) is 0 Å². The Bertz CT molecular complexity index is 632. The second-order valence-corrected chi connectivity index (χ2v) is 5.57. The van der Waals surface area contributed by atoms with Crippen LogP contribution < -0.4 is 0 Å². The van der Waals surface area contributed by atoms with E-state index in [1.165, 1.54) is 12.1 Å². The highest BCUT2D eigenvalue weighted by Gasteiger charge is 2.18. The number of aliphatic hydroxyl groups excluding tert-OH is 1. The van der Waals surface area contributed by atoms with Crippen LogP contribution in [0.5, 0.6) is 0 Å². The van der Waals surface area contributed by atoms with Gasteiger partial charge in [0.2, 0.25) is 0 Å². The Morgan fingerprint density at radius 3 is 2.11 bits per heavy atom. The van der Waals surface area contributed by atoms with E-state index < -0.39 is 23.6 Å². The zero-order valence-corrected chi connectivity index (χ0v) is 12.5. The molecule has 0 aliphatic heterocycles. The first kappa shape index (κ1) is 14.6. The molecule has 0 heterocycles. The fraction of sp³-hybridized carbons (Fsp3) is 0.0769. The van der Waals surface area contributed by atoms with Crippen molar-refractivity contribution < 1.29 is 18.3 Å². The third-order valence-corrected chi connectivity index (χ3v) is 3.84. The lowest BCUT2D eigenvalue weighted by Gasteiger charge is -2.13. The van der Waals surface area contributed by atoms with Gasteiger partial charge >= 0.3 is 0 Å². The van der Waals surface area contributed by atoms with Crippen LogP contribution >= 0.6 is 31.9 Å². The molecule has 0 saturated carbocycles. The molecule has 0 saturated heterocycles. The highest BCUT2D eigenvalue weighted by atomic mass is 79.9. The monoisotopic (exact) mass is 394 g/mol. The molecule has 2 aromatic rings. The molecular weight excluding hydrogens is 389 g/mol. The van der Waals surface area contributed by atoms with Gasteiger partial charge in [0.05, 0.1) is 8.95 Å². The van der Waals surface area contributed by atoms with Crippen molar-refractivity contribution in [1.82, 2.24) is 0 Å². The van der Waals surface area contributed by atoms with Gasteiger partial charge in [0, 0.05) is 5.56 Å². The first-order valence-corrected chi connectivity index (χ1v) is 6.76. The van der Waals surface area contributed by atoms with Crippen LogP contribution in [0, 0.1) is 17.5 Å². The summed E-state index contributed by atoms with van der Waals surface area (Å²) >= 11 is 5.82. The van der Waals surface area contributed by atoms with Gasteiger partial charge in [0.25, 0.3) is 0 Å². The number of hydrogen-bond acceptors (Lipinski definition) is 1. The Hall–Kier alpha value is -0.850. The fourth-order valence-corrected chi connectivity index (χ4v) is 2.17. The molecule has 1 unspecified atom stereocenters. The molecule has 0 aromatic heterocycles. The molecule has 0 radical (unpaired) electrons. The van der Waals surface area contributed by atoms with Gasteiger partial charge in [0.15, 0.2) is 0 Å². The lowest BCUT2D eigenvalue weighted by molar-refractivity contribution is 0.213. The van der Waals surface area contributed by atoms with Crippen LogP contribution in [0.4, 0.5) is 13.2 Å². The van der Waals surface area contributed by atoms with E-state index in [1.54, 1.807) is 0 Å². The number of rotatable bonds is 2. The van der Waals surface area contributed by atoms with E-state index in [0.717, 1.165) is 18.2 Å². The van der Waals surface area contributed by atoms with Crippen molar-refractivity contribution in [3.8, 4) is 0 Å². The van der Waals surface area contributed by atoms with E-state index in [2.05, 4.69) is 31.9 Å². The van der Waals surface area contributed by atoms with Gasteiger partial charge in [0.1, 0.15) is 23.6 Å². The fourth-order valence-electron chi connectivity index (χ4n) is 1.61. The molecule has 2 rings (SSSR count). The van der Waals surface area contributed by atoms with E-state index in [1.807, 2.05) is 0 Å². The maximum absolute atomic E-state index is 13.7. The zero-order valence-electron chi connectivity index (χ0n) is 9.30.